The lowest BCUT2D eigenvalue weighted by Crippen LogP contribution is -2.14. The number of Topliss-reactive ketones (excluding diaryl/α,β-unsaturated/α-hetero) is 1. The number of thiophene rings is 1. The second-order valence-electron chi connectivity index (χ2n) is 5.37. The standard InChI is InChI=1S/C17H20N2O2S/c1-10-4-5-13(18)9-15(10)19-17(21)7-6-16(20)14-8-11(2)22-12(14)3/h4-5,8-9H,6-7,18H2,1-3H3,(H,19,21). The first-order valence-corrected chi connectivity index (χ1v) is 7.94. The van der Waals surface area contributed by atoms with Crippen molar-refractivity contribution in [2.24, 2.45) is 0 Å². The lowest BCUT2D eigenvalue weighted by molar-refractivity contribution is -0.116. The zero-order valence-corrected chi connectivity index (χ0v) is 13.8. The van der Waals surface area contributed by atoms with Crippen LogP contribution in [-0.4, -0.2) is 11.7 Å². The van der Waals surface area contributed by atoms with Crippen molar-refractivity contribution in [2.45, 2.75) is 33.6 Å². The fourth-order valence-electron chi connectivity index (χ4n) is 2.26. The molecule has 0 atom stereocenters. The minimum Gasteiger partial charge on any atom is -0.399 e. The monoisotopic (exact) mass is 316 g/mol. The van der Waals surface area contributed by atoms with Crippen LogP contribution in [0.3, 0.4) is 0 Å². The van der Waals surface area contributed by atoms with Crippen molar-refractivity contribution in [3.63, 3.8) is 0 Å². The maximum atomic E-state index is 12.2. The fraction of sp³-hybridized carbons (Fsp3) is 0.294. The van der Waals surface area contributed by atoms with Gasteiger partial charge in [-0.3, -0.25) is 9.59 Å². The van der Waals surface area contributed by atoms with Crippen LogP contribution in [0, 0.1) is 20.8 Å². The van der Waals surface area contributed by atoms with Crippen LogP contribution in [0.2, 0.25) is 0 Å². The van der Waals surface area contributed by atoms with Crippen molar-refractivity contribution < 1.29 is 9.59 Å². The van der Waals surface area contributed by atoms with Crippen molar-refractivity contribution >= 4 is 34.4 Å². The molecule has 0 unspecified atom stereocenters. The number of amides is 1. The molecule has 5 heteroatoms. The molecule has 0 bridgehead atoms. The molecule has 1 aromatic heterocycles. The summed E-state index contributed by atoms with van der Waals surface area (Å²) in [5.41, 5.74) is 8.68. The van der Waals surface area contributed by atoms with Crippen LogP contribution in [0.5, 0.6) is 0 Å². The molecule has 0 radical (unpaired) electrons. The second kappa shape index (κ2) is 6.75. The van der Waals surface area contributed by atoms with Crippen LogP contribution >= 0.6 is 11.3 Å². The van der Waals surface area contributed by atoms with Crippen molar-refractivity contribution in [3.05, 3.63) is 45.1 Å². The Kier molecular flexibility index (Phi) is 4.98. The largest absolute Gasteiger partial charge is 0.399 e. The lowest BCUT2D eigenvalue weighted by atomic mass is 10.1. The number of anilines is 2. The molecule has 2 aromatic rings. The SMILES string of the molecule is Cc1cc(C(=O)CCC(=O)Nc2cc(N)ccc2C)c(C)s1. The molecule has 1 heterocycles. The van der Waals surface area contributed by atoms with Gasteiger partial charge in [0.05, 0.1) is 0 Å². The van der Waals surface area contributed by atoms with Crippen LogP contribution in [-0.2, 0) is 4.79 Å². The van der Waals surface area contributed by atoms with Crippen LogP contribution in [0.15, 0.2) is 24.3 Å². The average Bonchev–Trinajstić information content (AvgIpc) is 2.79. The topological polar surface area (TPSA) is 72.2 Å². The van der Waals surface area contributed by atoms with Gasteiger partial charge >= 0.3 is 0 Å². The molecule has 2 rings (SSSR count). The smallest absolute Gasteiger partial charge is 0.224 e. The maximum absolute atomic E-state index is 12.2. The van der Waals surface area contributed by atoms with Crippen LogP contribution in [0.25, 0.3) is 0 Å². The Hall–Kier alpha value is -2.14. The number of ketones is 1. The Morgan fingerprint density at radius 3 is 2.50 bits per heavy atom. The summed E-state index contributed by atoms with van der Waals surface area (Å²) >= 11 is 1.60. The molecule has 116 valence electrons. The maximum Gasteiger partial charge on any atom is 0.224 e. The first-order chi connectivity index (χ1) is 10.4. The average molecular weight is 316 g/mol. The predicted octanol–water partition coefficient (Wildman–Crippen LogP) is 3.86. The number of hydrogen-bond donors (Lipinski definition) is 2. The van der Waals surface area contributed by atoms with Crippen molar-refractivity contribution in [2.75, 3.05) is 11.1 Å². The van der Waals surface area contributed by atoms with Gasteiger partial charge in [0.1, 0.15) is 0 Å². The second-order valence-corrected chi connectivity index (χ2v) is 6.83. The number of nitrogen functional groups attached to an aromatic ring is 1. The Balaban J connectivity index is 1.94. The minimum absolute atomic E-state index is 0.0151. The highest BCUT2D eigenvalue weighted by molar-refractivity contribution is 7.12. The first-order valence-electron chi connectivity index (χ1n) is 7.13. The number of nitrogens with one attached hydrogen (secondary N) is 1. The highest BCUT2D eigenvalue weighted by atomic mass is 32.1. The van der Waals surface area contributed by atoms with Crippen LogP contribution in [0.1, 0.15) is 38.5 Å². The number of hydrogen-bond acceptors (Lipinski definition) is 4. The molecule has 3 N–H and O–H groups in total. The highest BCUT2D eigenvalue weighted by Crippen LogP contribution is 2.23. The van der Waals surface area contributed by atoms with Crippen molar-refractivity contribution in [3.8, 4) is 0 Å². The molecule has 0 aliphatic heterocycles. The lowest BCUT2D eigenvalue weighted by Gasteiger charge is -2.09. The Morgan fingerprint density at radius 2 is 1.86 bits per heavy atom. The molecule has 0 aliphatic carbocycles. The van der Waals surface area contributed by atoms with E-state index in [-0.39, 0.29) is 24.5 Å². The Bertz CT molecular complexity index is 719. The van der Waals surface area contributed by atoms with Gasteiger partial charge in [-0.15, -0.1) is 11.3 Å². The Morgan fingerprint density at radius 1 is 1.14 bits per heavy atom. The number of rotatable bonds is 5. The van der Waals surface area contributed by atoms with E-state index in [2.05, 4.69) is 5.32 Å². The van der Waals surface area contributed by atoms with Gasteiger partial charge in [0.2, 0.25) is 5.91 Å². The van der Waals surface area contributed by atoms with Gasteiger partial charge in [0.15, 0.2) is 5.78 Å². The van der Waals surface area contributed by atoms with E-state index < -0.39 is 0 Å². The van der Waals surface area contributed by atoms with E-state index in [4.69, 9.17) is 5.73 Å². The van der Waals surface area contributed by atoms with Gasteiger partial charge in [-0.05, 0) is 44.5 Å². The summed E-state index contributed by atoms with van der Waals surface area (Å²) in [5, 5.41) is 2.81. The third-order valence-corrected chi connectivity index (χ3v) is 4.42. The summed E-state index contributed by atoms with van der Waals surface area (Å²) < 4.78 is 0. The van der Waals surface area contributed by atoms with Crippen molar-refractivity contribution in [1.29, 1.82) is 0 Å². The van der Waals surface area contributed by atoms with E-state index in [1.807, 2.05) is 32.9 Å². The summed E-state index contributed by atoms with van der Waals surface area (Å²) in [4.78, 5) is 26.3. The molecule has 1 aromatic carbocycles. The Labute approximate surface area is 134 Å². The van der Waals surface area contributed by atoms with E-state index >= 15 is 0 Å². The molecule has 22 heavy (non-hydrogen) atoms. The molecule has 1 amide bonds. The fourth-order valence-corrected chi connectivity index (χ4v) is 3.20. The van der Waals surface area contributed by atoms with Gasteiger partial charge in [-0.2, -0.15) is 0 Å². The van der Waals surface area contributed by atoms with Gasteiger partial charge in [-0.25, -0.2) is 0 Å². The first kappa shape index (κ1) is 16.2. The summed E-state index contributed by atoms with van der Waals surface area (Å²) in [6.45, 7) is 5.81. The highest BCUT2D eigenvalue weighted by Gasteiger charge is 2.14. The third-order valence-electron chi connectivity index (χ3n) is 3.46. The van der Waals surface area contributed by atoms with Crippen LogP contribution < -0.4 is 11.1 Å². The van der Waals surface area contributed by atoms with E-state index in [1.54, 1.807) is 23.5 Å². The van der Waals surface area contributed by atoms with Gasteiger partial charge in [-0.1, -0.05) is 6.07 Å². The number of aryl methyl sites for hydroxylation is 3. The van der Waals surface area contributed by atoms with Gasteiger partial charge < -0.3 is 11.1 Å². The molecule has 0 saturated heterocycles. The number of carbonyl (C=O) groups is 2. The van der Waals surface area contributed by atoms with Gasteiger partial charge in [0, 0.05) is 39.5 Å². The predicted molar refractivity (Wildman–Crippen MR) is 91.6 cm³/mol. The molecule has 0 saturated carbocycles. The molecule has 0 fully saturated rings. The molecule has 4 nitrogen and oxygen atoms in total. The summed E-state index contributed by atoms with van der Waals surface area (Å²) in [7, 11) is 0. The van der Waals surface area contributed by atoms with Gasteiger partial charge in [0.25, 0.3) is 0 Å². The van der Waals surface area contributed by atoms with E-state index in [1.165, 1.54) is 0 Å². The number of nitrogens with two attached hydrogens (primary N) is 1. The van der Waals surface area contributed by atoms with E-state index in [0.29, 0.717) is 11.4 Å². The molecule has 0 aliphatic rings. The quantitative estimate of drug-likeness (QED) is 0.650. The summed E-state index contributed by atoms with van der Waals surface area (Å²) in [6, 6.07) is 7.26. The summed E-state index contributed by atoms with van der Waals surface area (Å²) in [5.74, 6) is -0.159. The molecular weight excluding hydrogens is 296 g/mol. The minimum atomic E-state index is -0.174. The van der Waals surface area contributed by atoms with E-state index in [9.17, 15) is 9.59 Å². The zero-order chi connectivity index (χ0) is 16.3. The third kappa shape index (κ3) is 3.95. The van der Waals surface area contributed by atoms with E-state index in [0.717, 1.165) is 20.9 Å². The molecular formula is C17H20N2O2S. The summed E-state index contributed by atoms with van der Waals surface area (Å²) in [6.07, 6.45) is 0.381. The van der Waals surface area contributed by atoms with Crippen LogP contribution in [0.4, 0.5) is 11.4 Å². The number of benzene rings is 1. The number of carbonyl (C=O) groups excluding carboxylic acids is 2. The normalized spacial score (nSPS) is 10.5. The molecule has 0 spiro atoms. The van der Waals surface area contributed by atoms with Crippen molar-refractivity contribution in [1.82, 2.24) is 0 Å². The zero-order valence-electron chi connectivity index (χ0n) is 13.0.